The van der Waals surface area contributed by atoms with E-state index in [4.69, 9.17) is 4.74 Å². The van der Waals surface area contributed by atoms with E-state index in [0.717, 1.165) is 30.4 Å². The summed E-state index contributed by atoms with van der Waals surface area (Å²) in [5, 5.41) is 0. The molecule has 1 heterocycles. The summed E-state index contributed by atoms with van der Waals surface area (Å²) in [7, 11) is 0. The smallest absolute Gasteiger partial charge is 0.323 e. The van der Waals surface area contributed by atoms with Crippen molar-refractivity contribution in [1.82, 2.24) is 0 Å². The molecule has 2 aromatic carbocycles. The van der Waals surface area contributed by atoms with Crippen LogP contribution in [-0.4, -0.2) is 5.97 Å². The first kappa shape index (κ1) is 14.0. The Balaban J connectivity index is 1.65. The first-order valence-corrected chi connectivity index (χ1v) is 8.45. The van der Waals surface area contributed by atoms with Gasteiger partial charge >= 0.3 is 5.97 Å². The average molecular weight is 320 g/mol. The van der Waals surface area contributed by atoms with E-state index in [1.807, 2.05) is 30.3 Å². The van der Waals surface area contributed by atoms with Gasteiger partial charge in [-0.2, -0.15) is 0 Å². The third kappa shape index (κ3) is 1.52. The summed E-state index contributed by atoms with van der Waals surface area (Å²) < 4.78 is 18.9. The minimum absolute atomic E-state index is 0.132. The van der Waals surface area contributed by atoms with Crippen molar-refractivity contribution in [3.8, 4) is 0 Å². The van der Waals surface area contributed by atoms with Crippen LogP contribution < -0.4 is 0 Å². The van der Waals surface area contributed by atoms with E-state index >= 15 is 0 Å². The topological polar surface area (TPSA) is 26.3 Å². The molecule has 0 unspecified atom stereocenters. The van der Waals surface area contributed by atoms with Crippen molar-refractivity contribution < 1.29 is 13.9 Å². The molecule has 2 saturated carbocycles. The van der Waals surface area contributed by atoms with Gasteiger partial charge in [0.05, 0.1) is 0 Å². The third-order valence-corrected chi connectivity index (χ3v) is 6.15. The van der Waals surface area contributed by atoms with Crippen LogP contribution in [0.5, 0.6) is 0 Å². The van der Waals surface area contributed by atoms with Crippen LogP contribution in [0.4, 0.5) is 4.39 Å². The molecular formula is C21H17FO2. The Bertz CT molecular complexity index is 855. The Hall–Kier alpha value is -2.42. The molecule has 5 rings (SSSR count). The van der Waals surface area contributed by atoms with Gasteiger partial charge in [0, 0.05) is 11.0 Å². The van der Waals surface area contributed by atoms with Crippen molar-refractivity contribution >= 4 is 11.7 Å². The summed E-state index contributed by atoms with van der Waals surface area (Å²) in [6, 6.07) is 16.2. The number of ether oxygens (including phenoxy) is 1. The van der Waals surface area contributed by atoms with Gasteiger partial charge in [-0.3, -0.25) is 4.79 Å². The standard InChI is InChI=1S/C21H17FO2/c22-16-10-8-14(9-11-16)17-13-20-12-4-7-18(20)21(20,19(23)24-17)15-5-2-1-3-6-15/h1-3,5-6,8-11,13,18H,4,7,12H2/t18-,20-,21+/m1/s1. The highest BCUT2D eigenvalue weighted by Crippen LogP contribution is 2.80. The molecule has 3 atom stereocenters. The number of halogens is 1. The van der Waals surface area contributed by atoms with Crippen LogP contribution >= 0.6 is 0 Å². The Morgan fingerprint density at radius 2 is 1.79 bits per heavy atom. The van der Waals surface area contributed by atoms with Crippen molar-refractivity contribution in [2.24, 2.45) is 11.3 Å². The Labute approximate surface area is 140 Å². The number of cyclic esters (lactones) is 1. The van der Waals surface area contributed by atoms with E-state index in [2.05, 4.69) is 6.08 Å². The number of allylic oxidation sites excluding steroid dienone is 1. The van der Waals surface area contributed by atoms with E-state index in [0.29, 0.717) is 11.7 Å². The van der Waals surface area contributed by atoms with Crippen molar-refractivity contribution in [1.29, 1.82) is 0 Å². The highest BCUT2D eigenvalue weighted by Gasteiger charge is 2.83. The lowest BCUT2D eigenvalue weighted by Gasteiger charge is -2.29. The van der Waals surface area contributed by atoms with Crippen LogP contribution in [-0.2, 0) is 14.9 Å². The number of rotatable bonds is 2. The first-order valence-electron chi connectivity index (χ1n) is 8.45. The van der Waals surface area contributed by atoms with Crippen LogP contribution in [0.3, 0.4) is 0 Å². The molecule has 1 spiro atoms. The molecule has 0 bridgehead atoms. The molecule has 0 saturated heterocycles. The van der Waals surface area contributed by atoms with Gasteiger partial charge in [-0.15, -0.1) is 0 Å². The van der Waals surface area contributed by atoms with Gasteiger partial charge in [0.15, 0.2) is 0 Å². The summed E-state index contributed by atoms with van der Waals surface area (Å²) in [6.07, 6.45) is 5.34. The highest BCUT2D eigenvalue weighted by atomic mass is 19.1. The van der Waals surface area contributed by atoms with Gasteiger partial charge in [-0.05, 0) is 54.7 Å². The summed E-state index contributed by atoms with van der Waals surface area (Å²) in [4.78, 5) is 13.1. The average Bonchev–Trinajstić information content (AvgIpc) is 2.97. The van der Waals surface area contributed by atoms with Gasteiger partial charge in [0.2, 0.25) is 0 Å². The van der Waals surface area contributed by atoms with Gasteiger partial charge in [0.1, 0.15) is 17.0 Å². The largest absolute Gasteiger partial charge is 0.426 e. The van der Waals surface area contributed by atoms with Crippen molar-refractivity contribution in [3.05, 3.63) is 77.6 Å². The number of hydrogen-bond donors (Lipinski definition) is 0. The molecule has 0 radical (unpaired) electrons. The lowest BCUT2D eigenvalue weighted by Crippen LogP contribution is -2.34. The maximum absolute atomic E-state index is 13.2. The third-order valence-electron chi connectivity index (χ3n) is 6.15. The molecule has 2 aromatic rings. The van der Waals surface area contributed by atoms with E-state index in [1.165, 1.54) is 12.1 Å². The predicted octanol–water partition coefficient (Wildman–Crippen LogP) is 4.46. The van der Waals surface area contributed by atoms with E-state index < -0.39 is 5.41 Å². The van der Waals surface area contributed by atoms with Gasteiger partial charge in [0.25, 0.3) is 0 Å². The van der Waals surface area contributed by atoms with E-state index in [1.54, 1.807) is 12.1 Å². The van der Waals surface area contributed by atoms with E-state index in [-0.39, 0.29) is 17.2 Å². The lowest BCUT2D eigenvalue weighted by molar-refractivity contribution is -0.142. The van der Waals surface area contributed by atoms with Crippen LogP contribution in [0.1, 0.15) is 30.4 Å². The highest BCUT2D eigenvalue weighted by molar-refractivity contribution is 5.97. The fourth-order valence-electron chi connectivity index (χ4n) is 5.19. The second-order valence-corrected chi connectivity index (χ2v) is 7.06. The predicted molar refractivity (Wildman–Crippen MR) is 88.4 cm³/mol. The zero-order chi connectivity index (χ0) is 16.4. The number of carbonyl (C=O) groups is 1. The minimum atomic E-state index is -0.518. The number of benzene rings is 2. The van der Waals surface area contributed by atoms with Crippen molar-refractivity contribution in [3.63, 3.8) is 0 Å². The quantitative estimate of drug-likeness (QED) is 0.764. The number of fused-ring (bicyclic) bond motifs is 1. The Kier molecular flexibility index (Phi) is 2.66. The molecule has 24 heavy (non-hydrogen) atoms. The van der Waals surface area contributed by atoms with E-state index in [9.17, 15) is 9.18 Å². The van der Waals surface area contributed by atoms with Crippen LogP contribution in [0.25, 0.3) is 5.76 Å². The number of esters is 1. The summed E-state index contributed by atoms with van der Waals surface area (Å²) in [6.45, 7) is 0. The molecule has 0 aromatic heterocycles. The summed E-state index contributed by atoms with van der Waals surface area (Å²) in [5.74, 6) is 0.456. The van der Waals surface area contributed by atoms with Crippen LogP contribution in [0, 0.1) is 17.2 Å². The molecule has 120 valence electrons. The lowest BCUT2D eigenvalue weighted by atomic mass is 9.80. The zero-order valence-corrected chi connectivity index (χ0v) is 13.2. The SMILES string of the molecule is O=C1OC(c2ccc(F)cc2)=C[C@]23CCC[C@H]2[C@@]13c1ccccc1. The molecule has 0 N–H and O–H groups in total. The number of hydrogen-bond acceptors (Lipinski definition) is 2. The summed E-state index contributed by atoms with van der Waals surface area (Å²) >= 11 is 0. The summed E-state index contributed by atoms with van der Waals surface area (Å²) in [5.41, 5.74) is 1.18. The van der Waals surface area contributed by atoms with Gasteiger partial charge in [-0.25, -0.2) is 4.39 Å². The molecule has 2 fully saturated rings. The fraction of sp³-hybridized carbons (Fsp3) is 0.286. The molecule has 3 heteroatoms. The van der Waals surface area contributed by atoms with Crippen LogP contribution in [0.2, 0.25) is 0 Å². The molecule has 2 aliphatic carbocycles. The van der Waals surface area contributed by atoms with Crippen LogP contribution in [0.15, 0.2) is 60.7 Å². The van der Waals surface area contributed by atoms with Gasteiger partial charge in [-0.1, -0.05) is 36.8 Å². The molecule has 2 nitrogen and oxygen atoms in total. The monoisotopic (exact) mass is 320 g/mol. The molecule has 0 amide bonds. The molecule has 1 aliphatic heterocycles. The minimum Gasteiger partial charge on any atom is -0.426 e. The molecular weight excluding hydrogens is 303 g/mol. The van der Waals surface area contributed by atoms with Crippen molar-refractivity contribution in [2.75, 3.05) is 0 Å². The maximum atomic E-state index is 13.2. The number of carbonyl (C=O) groups excluding carboxylic acids is 1. The Morgan fingerprint density at radius 1 is 1.04 bits per heavy atom. The first-order chi connectivity index (χ1) is 11.7. The van der Waals surface area contributed by atoms with Crippen molar-refractivity contribution in [2.45, 2.75) is 24.7 Å². The second kappa shape index (κ2) is 4.56. The van der Waals surface area contributed by atoms with Gasteiger partial charge < -0.3 is 4.74 Å². The second-order valence-electron chi connectivity index (χ2n) is 7.06. The maximum Gasteiger partial charge on any atom is 0.323 e. The Morgan fingerprint density at radius 3 is 2.54 bits per heavy atom. The normalized spacial score (nSPS) is 33.3. The zero-order valence-electron chi connectivity index (χ0n) is 13.2. The molecule has 3 aliphatic rings. The fourth-order valence-corrected chi connectivity index (χ4v) is 5.19.